The van der Waals surface area contributed by atoms with Gasteiger partial charge in [-0.15, -0.1) is 0 Å². The Morgan fingerprint density at radius 2 is 1.89 bits per heavy atom. The van der Waals surface area contributed by atoms with Gasteiger partial charge in [-0.25, -0.2) is 9.97 Å². The second-order valence-corrected chi connectivity index (χ2v) is 4.78. The SMILES string of the molecule is Cc1cccc(CN(C)c2ncc(CCN)cn2)c1. The highest BCUT2D eigenvalue weighted by Gasteiger charge is 2.05. The second-order valence-electron chi connectivity index (χ2n) is 4.78. The van der Waals surface area contributed by atoms with Crippen LogP contribution in [0.3, 0.4) is 0 Å². The van der Waals surface area contributed by atoms with Crippen molar-refractivity contribution < 1.29 is 0 Å². The molecule has 2 rings (SSSR count). The van der Waals surface area contributed by atoms with Crippen molar-refractivity contribution in [3.05, 3.63) is 53.3 Å². The summed E-state index contributed by atoms with van der Waals surface area (Å²) in [5.74, 6) is 0.738. The van der Waals surface area contributed by atoms with Crippen LogP contribution in [-0.4, -0.2) is 23.6 Å². The summed E-state index contributed by atoms with van der Waals surface area (Å²) >= 11 is 0. The normalized spacial score (nSPS) is 10.5. The van der Waals surface area contributed by atoms with Crippen molar-refractivity contribution in [2.45, 2.75) is 19.9 Å². The zero-order valence-corrected chi connectivity index (χ0v) is 11.5. The Bertz CT molecular complexity index is 522. The molecule has 2 aromatic rings. The number of aryl methyl sites for hydroxylation is 1. The Morgan fingerprint density at radius 3 is 2.53 bits per heavy atom. The minimum Gasteiger partial charge on any atom is -0.340 e. The first-order chi connectivity index (χ1) is 9.19. The lowest BCUT2D eigenvalue weighted by molar-refractivity contribution is 0.853. The third-order valence-electron chi connectivity index (χ3n) is 2.97. The van der Waals surface area contributed by atoms with Crippen molar-refractivity contribution in [1.82, 2.24) is 9.97 Å². The maximum atomic E-state index is 5.51. The Balaban J connectivity index is 2.05. The summed E-state index contributed by atoms with van der Waals surface area (Å²) in [7, 11) is 2.00. The molecule has 2 N–H and O–H groups in total. The topological polar surface area (TPSA) is 55.0 Å². The third-order valence-corrected chi connectivity index (χ3v) is 2.97. The van der Waals surface area contributed by atoms with Gasteiger partial charge >= 0.3 is 0 Å². The number of rotatable bonds is 5. The lowest BCUT2D eigenvalue weighted by Gasteiger charge is -2.17. The molecule has 19 heavy (non-hydrogen) atoms. The first-order valence-corrected chi connectivity index (χ1v) is 6.46. The molecule has 100 valence electrons. The lowest BCUT2D eigenvalue weighted by atomic mass is 10.1. The Labute approximate surface area is 114 Å². The zero-order chi connectivity index (χ0) is 13.7. The van der Waals surface area contributed by atoms with Crippen LogP contribution in [0.5, 0.6) is 0 Å². The Kier molecular flexibility index (Phi) is 4.47. The van der Waals surface area contributed by atoms with Crippen molar-refractivity contribution in [2.75, 3.05) is 18.5 Å². The van der Waals surface area contributed by atoms with Gasteiger partial charge in [0.25, 0.3) is 0 Å². The fourth-order valence-corrected chi connectivity index (χ4v) is 2.00. The van der Waals surface area contributed by atoms with E-state index in [0.717, 1.165) is 24.5 Å². The number of aromatic nitrogens is 2. The van der Waals surface area contributed by atoms with Crippen LogP contribution < -0.4 is 10.6 Å². The molecule has 1 heterocycles. The van der Waals surface area contributed by atoms with Gasteiger partial charge in [-0.3, -0.25) is 0 Å². The van der Waals surface area contributed by atoms with Crippen LogP contribution in [0, 0.1) is 6.92 Å². The minimum absolute atomic E-state index is 0.627. The second kappa shape index (κ2) is 6.29. The maximum absolute atomic E-state index is 5.51. The van der Waals surface area contributed by atoms with E-state index in [2.05, 4.69) is 41.2 Å². The van der Waals surface area contributed by atoms with Gasteiger partial charge in [0.1, 0.15) is 0 Å². The summed E-state index contributed by atoms with van der Waals surface area (Å²) in [6.45, 7) is 3.53. The molecule has 0 aliphatic carbocycles. The zero-order valence-electron chi connectivity index (χ0n) is 11.5. The summed E-state index contributed by atoms with van der Waals surface area (Å²) in [5.41, 5.74) is 9.12. The molecule has 0 amide bonds. The maximum Gasteiger partial charge on any atom is 0.225 e. The summed E-state index contributed by atoms with van der Waals surface area (Å²) in [6, 6.07) is 8.47. The molecule has 0 spiro atoms. The Hall–Kier alpha value is -1.94. The molecule has 0 radical (unpaired) electrons. The van der Waals surface area contributed by atoms with E-state index in [1.165, 1.54) is 11.1 Å². The molecule has 1 aromatic heterocycles. The number of hydrogen-bond acceptors (Lipinski definition) is 4. The van der Waals surface area contributed by atoms with Crippen LogP contribution in [0.1, 0.15) is 16.7 Å². The van der Waals surface area contributed by atoms with Gasteiger partial charge in [-0.2, -0.15) is 0 Å². The lowest BCUT2D eigenvalue weighted by Crippen LogP contribution is -2.19. The van der Waals surface area contributed by atoms with E-state index >= 15 is 0 Å². The molecule has 0 fully saturated rings. The molecule has 0 aliphatic rings. The Morgan fingerprint density at radius 1 is 1.16 bits per heavy atom. The van der Waals surface area contributed by atoms with E-state index < -0.39 is 0 Å². The van der Waals surface area contributed by atoms with Crippen molar-refractivity contribution in [2.24, 2.45) is 5.73 Å². The molecule has 1 aromatic carbocycles. The van der Waals surface area contributed by atoms with Crippen LogP contribution in [0.4, 0.5) is 5.95 Å². The van der Waals surface area contributed by atoms with E-state index in [-0.39, 0.29) is 0 Å². The van der Waals surface area contributed by atoms with Crippen LogP contribution in [0.15, 0.2) is 36.7 Å². The first-order valence-electron chi connectivity index (χ1n) is 6.46. The molecular formula is C15H20N4. The van der Waals surface area contributed by atoms with Crippen molar-refractivity contribution in [1.29, 1.82) is 0 Å². The first kappa shape index (κ1) is 13.5. The molecule has 0 saturated carbocycles. The van der Waals surface area contributed by atoms with Crippen LogP contribution >= 0.6 is 0 Å². The van der Waals surface area contributed by atoms with Gasteiger partial charge in [0.15, 0.2) is 0 Å². The number of nitrogens with two attached hydrogens (primary N) is 1. The summed E-state index contributed by atoms with van der Waals surface area (Å²) in [4.78, 5) is 10.8. The quantitative estimate of drug-likeness (QED) is 0.888. The monoisotopic (exact) mass is 256 g/mol. The standard InChI is InChI=1S/C15H20N4/c1-12-4-3-5-13(8-12)11-19(2)15-17-9-14(6-7-16)10-18-15/h3-5,8-10H,6-7,11,16H2,1-2H3. The predicted octanol–water partition coefficient (Wildman–Crippen LogP) is 1.92. The largest absolute Gasteiger partial charge is 0.340 e. The summed E-state index contributed by atoms with van der Waals surface area (Å²) in [6.07, 6.45) is 4.52. The molecule has 0 aliphatic heterocycles. The number of benzene rings is 1. The third kappa shape index (κ3) is 3.76. The van der Waals surface area contributed by atoms with Crippen LogP contribution in [0.25, 0.3) is 0 Å². The van der Waals surface area contributed by atoms with E-state index in [0.29, 0.717) is 6.54 Å². The number of anilines is 1. The van der Waals surface area contributed by atoms with E-state index in [1.54, 1.807) is 0 Å². The van der Waals surface area contributed by atoms with Gasteiger partial charge in [-0.05, 0) is 31.0 Å². The molecule has 4 heteroatoms. The molecule has 4 nitrogen and oxygen atoms in total. The van der Waals surface area contributed by atoms with Gasteiger partial charge in [-0.1, -0.05) is 29.8 Å². The highest BCUT2D eigenvalue weighted by Crippen LogP contribution is 2.11. The average Bonchev–Trinajstić information content (AvgIpc) is 2.40. The number of nitrogens with zero attached hydrogens (tertiary/aromatic N) is 3. The van der Waals surface area contributed by atoms with Gasteiger partial charge < -0.3 is 10.6 Å². The summed E-state index contributed by atoms with van der Waals surface area (Å²) < 4.78 is 0. The molecule has 0 atom stereocenters. The predicted molar refractivity (Wildman–Crippen MR) is 78.1 cm³/mol. The fraction of sp³-hybridized carbons (Fsp3) is 0.333. The highest BCUT2D eigenvalue weighted by molar-refractivity contribution is 5.32. The van der Waals surface area contributed by atoms with Gasteiger partial charge in [0, 0.05) is 26.0 Å². The van der Waals surface area contributed by atoms with Crippen molar-refractivity contribution >= 4 is 5.95 Å². The molecule has 0 saturated heterocycles. The average molecular weight is 256 g/mol. The highest BCUT2D eigenvalue weighted by atomic mass is 15.2. The smallest absolute Gasteiger partial charge is 0.225 e. The minimum atomic E-state index is 0.627. The van der Waals surface area contributed by atoms with Crippen molar-refractivity contribution in [3.8, 4) is 0 Å². The molecule has 0 unspecified atom stereocenters. The van der Waals surface area contributed by atoms with E-state index in [1.807, 2.05) is 24.3 Å². The fourth-order valence-electron chi connectivity index (χ4n) is 2.00. The van der Waals surface area contributed by atoms with E-state index in [9.17, 15) is 0 Å². The van der Waals surface area contributed by atoms with E-state index in [4.69, 9.17) is 5.73 Å². The summed E-state index contributed by atoms with van der Waals surface area (Å²) in [5, 5.41) is 0. The van der Waals surface area contributed by atoms with Crippen LogP contribution in [-0.2, 0) is 13.0 Å². The number of hydrogen-bond donors (Lipinski definition) is 1. The molecule has 0 bridgehead atoms. The van der Waals surface area contributed by atoms with Crippen LogP contribution in [0.2, 0.25) is 0 Å². The van der Waals surface area contributed by atoms with Gasteiger partial charge in [0.05, 0.1) is 0 Å². The molecular weight excluding hydrogens is 236 g/mol. The van der Waals surface area contributed by atoms with Gasteiger partial charge in [0.2, 0.25) is 5.95 Å². The van der Waals surface area contributed by atoms with Crippen molar-refractivity contribution in [3.63, 3.8) is 0 Å².